The average Bonchev–Trinajstić information content (AvgIpc) is 2.49. The first-order chi connectivity index (χ1) is 10.2. The fourth-order valence-electron chi connectivity index (χ4n) is 3.70. The van der Waals surface area contributed by atoms with Crippen molar-refractivity contribution in [3.63, 3.8) is 0 Å². The van der Waals surface area contributed by atoms with Crippen LogP contribution in [0.15, 0.2) is 30.3 Å². The van der Waals surface area contributed by atoms with E-state index in [9.17, 15) is 0 Å². The van der Waals surface area contributed by atoms with Crippen molar-refractivity contribution < 1.29 is 0 Å². The van der Waals surface area contributed by atoms with Gasteiger partial charge in [-0.2, -0.15) is 0 Å². The standard InChI is InChI=1S/C18H25N3/c1-12-7-9-14(10-8-12)18(21-19)16-11-13(2)20-17-6-4-3-5-15(16)17/h3-6,11-12,14,18,21H,7-10,19H2,1-2H3. The molecular weight excluding hydrogens is 258 g/mol. The van der Waals surface area contributed by atoms with Crippen LogP contribution < -0.4 is 11.3 Å². The van der Waals surface area contributed by atoms with Gasteiger partial charge in [-0.25, -0.2) is 0 Å². The van der Waals surface area contributed by atoms with E-state index in [2.05, 4.69) is 48.5 Å². The molecule has 0 saturated heterocycles. The highest BCUT2D eigenvalue weighted by Gasteiger charge is 2.27. The molecule has 3 rings (SSSR count). The van der Waals surface area contributed by atoms with Crippen molar-refractivity contribution >= 4 is 10.9 Å². The number of para-hydroxylation sites is 1. The molecule has 1 saturated carbocycles. The van der Waals surface area contributed by atoms with Crippen LogP contribution in [0.1, 0.15) is 49.9 Å². The van der Waals surface area contributed by atoms with E-state index in [1.165, 1.54) is 36.6 Å². The normalized spacial score (nSPS) is 24.1. The third-order valence-electron chi connectivity index (χ3n) is 4.92. The number of nitrogens with one attached hydrogen (secondary N) is 1. The third kappa shape index (κ3) is 2.94. The minimum Gasteiger partial charge on any atom is -0.271 e. The van der Waals surface area contributed by atoms with Crippen molar-refractivity contribution in [2.75, 3.05) is 0 Å². The summed E-state index contributed by atoms with van der Waals surface area (Å²) in [6.07, 6.45) is 5.13. The quantitative estimate of drug-likeness (QED) is 0.664. The molecule has 3 nitrogen and oxygen atoms in total. The molecule has 1 heterocycles. The van der Waals surface area contributed by atoms with Crippen LogP contribution in [-0.2, 0) is 0 Å². The summed E-state index contributed by atoms with van der Waals surface area (Å²) in [5.41, 5.74) is 6.53. The van der Waals surface area contributed by atoms with Gasteiger partial charge >= 0.3 is 0 Å². The highest BCUT2D eigenvalue weighted by Crippen LogP contribution is 2.38. The van der Waals surface area contributed by atoms with E-state index in [1.807, 2.05) is 6.07 Å². The van der Waals surface area contributed by atoms with E-state index < -0.39 is 0 Å². The molecule has 2 aromatic rings. The van der Waals surface area contributed by atoms with Crippen LogP contribution in [0, 0.1) is 18.8 Å². The number of pyridine rings is 1. The number of aryl methyl sites for hydroxylation is 1. The molecule has 1 atom stereocenters. The number of benzene rings is 1. The third-order valence-corrected chi connectivity index (χ3v) is 4.92. The van der Waals surface area contributed by atoms with Crippen LogP contribution in [0.5, 0.6) is 0 Å². The van der Waals surface area contributed by atoms with Crippen molar-refractivity contribution in [3.05, 3.63) is 41.6 Å². The Morgan fingerprint density at radius 2 is 1.90 bits per heavy atom. The van der Waals surface area contributed by atoms with Gasteiger partial charge in [0.2, 0.25) is 0 Å². The summed E-state index contributed by atoms with van der Waals surface area (Å²) in [4.78, 5) is 4.64. The van der Waals surface area contributed by atoms with Crippen LogP contribution in [0.4, 0.5) is 0 Å². The summed E-state index contributed by atoms with van der Waals surface area (Å²) in [5, 5.41) is 1.23. The second kappa shape index (κ2) is 6.12. The molecule has 112 valence electrons. The number of nitrogens with two attached hydrogens (primary N) is 1. The first kappa shape index (κ1) is 14.5. The number of hydrogen-bond acceptors (Lipinski definition) is 3. The summed E-state index contributed by atoms with van der Waals surface area (Å²) in [5.74, 6) is 7.42. The van der Waals surface area contributed by atoms with Crippen molar-refractivity contribution in [2.24, 2.45) is 17.7 Å². The van der Waals surface area contributed by atoms with Gasteiger partial charge in [0.15, 0.2) is 0 Å². The molecule has 1 aliphatic rings. The van der Waals surface area contributed by atoms with E-state index in [0.29, 0.717) is 5.92 Å². The second-order valence-corrected chi connectivity index (χ2v) is 6.53. The van der Waals surface area contributed by atoms with Crippen molar-refractivity contribution in [1.29, 1.82) is 0 Å². The Labute approximate surface area is 126 Å². The SMILES string of the molecule is Cc1cc(C(NN)C2CCC(C)CC2)c2ccccc2n1. The van der Waals surface area contributed by atoms with Gasteiger partial charge in [0.05, 0.1) is 5.52 Å². The zero-order valence-electron chi connectivity index (χ0n) is 13.0. The zero-order chi connectivity index (χ0) is 14.8. The van der Waals surface area contributed by atoms with E-state index in [0.717, 1.165) is 17.1 Å². The Morgan fingerprint density at radius 1 is 1.19 bits per heavy atom. The summed E-state index contributed by atoms with van der Waals surface area (Å²) in [6.45, 7) is 4.42. The Kier molecular flexibility index (Phi) is 4.22. The smallest absolute Gasteiger partial charge is 0.0708 e. The fraction of sp³-hybridized carbons (Fsp3) is 0.500. The van der Waals surface area contributed by atoms with E-state index in [1.54, 1.807) is 0 Å². The Morgan fingerprint density at radius 3 is 2.62 bits per heavy atom. The molecule has 21 heavy (non-hydrogen) atoms. The number of hydrogen-bond donors (Lipinski definition) is 2. The molecule has 1 unspecified atom stereocenters. The van der Waals surface area contributed by atoms with Crippen LogP contribution in [-0.4, -0.2) is 4.98 Å². The number of hydrazine groups is 1. The molecule has 0 amide bonds. The molecular formula is C18H25N3. The molecule has 0 bridgehead atoms. The first-order valence-electron chi connectivity index (χ1n) is 8.01. The lowest BCUT2D eigenvalue weighted by Gasteiger charge is -2.33. The summed E-state index contributed by atoms with van der Waals surface area (Å²) >= 11 is 0. The minimum absolute atomic E-state index is 0.226. The fourth-order valence-corrected chi connectivity index (χ4v) is 3.70. The lowest BCUT2D eigenvalue weighted by molar-refractivity contribution is 0.233. The summed E-state index contributed by atoms with van der Waals surface area (Å²) in [7, 11) is 0. The van der Waals surface area contributed by atoms with Gasteiger partial charge in [-0.3, -0.25) is 16.3 Å². The van der Waals surface area contributed by atoms with Crippen molar-refractivity contribution in [2.45, 2.75) is 45.6 Å². The first-order valence-corrected chi connectivity index (χ1v) is 8.01. The largest absolute Gasteiger partial charge is 0.271 e. The van der Waals surface area contributed by atoms with Gasteiger partial charge in [0, 0.05) is 17.1 Å². The van der Waals surface area contributed by atoms with E-state index in [-0.39, 0.29) is 6.04 Å². The lowest BCUT2D eigenvalue weighted by atomic mass is 9.77. The number of fused-ring (bicyclic) bond motifs is 1. The van der Waals surface area contributed by atoms with Gasteiger partial charge in [-0.05, 0) is 49.3 Å². The van der Waals surface area contributed by atoms with E-state index >= 15 is 0 Å². The number of nitrogens with zero attached hydrogens (tertiary/aromatic N) is 1. The Balaban J connectivity index is 2.00. The summed E-state index contributed by atoms with van der Waals surface area (Å²) < 4.78 is 0. The van der Waals surface area contributed by atoms with Crippen LogP contribution in [0.2, 0.25) is 0 Å². The van der Waals surface area contributed by atoms with E-state index in [4.69, 9.17) is 5.84 Å². The zero-order valence-corrected chi connectivity index (χ0v) is 13.0. The average molecular weight is 283 g/mol. The summed E-state index contributed by atoms with van der Waals surface area (Å²) in [6, 6.07) is 10.8. The highest BCUT2D eigenvalue weighted by molar-refractivity contribution is 5.82. The molecule has 0 spiro atoms. The van der Waals surface area contributed by atoms with Gasteiger partial charge in [0.1, 0.15) is 0 Å². The lowest BCUT2D eigenvalue weighted by Crippen LogP contribution is -2.35. The molecule has 3 N–H and O–H groups in total. The molecule has 1 aromatic heterocycles. The second-order valence-electron chi connectivity index (χ2n) is 6.53. The monoisotopic (exact) mass is 283 g/mol. The van der Waals surface area contributed by atoms with Gasteiger partial charge in [0.25, 0.3) is 0 Å². The maximum atomic E-state index is 5.94. The molecule has 1 aromatic carbocycles. The van der Waals surface area contributed by atoms with Crippen molar-refractivity contribution in [1.82, 2.24) is 10.4 Å². The predicted molar refractivity (Wildman–Crippen MR) is 87.7 cm³/mol. The predicted octanol–water partition coefficient (Wildman–Crippen LogP) is 3.87. The highest BCUT2D eigenvalue weighted by atomic mass is 15.2. The van der Waals surface area contributed by atoms with Crippen LogP contribution in [0.3, 0.4) is 0 Å². The maximum absolute atomic E-state index is 5.94. The van der Waals surface area contributed by atoms with Crippen molar-refractivity contribution in [3.8, 4) is 0 Å². The molecule has 3 heteroatoms. The van der Waals surface area contributed by atoms with Gasteiger partial charge in [-0.1, -0.05) is 38.0 Å². The minimum atomic E-state index is 0.226. The van der Waals surface area contributed by atoms with Crippen LogP contribution >= 0.6 is 0 Å². The Hall–Kier alpha value is -1.45. The molecule has 0 aliphatic heterocycles. The van der Waals surface area contributed by atoms with Gasteiger partial charge < -0.3 is 0 Å². The molecule has 0 radical (unpaired) electrons. The molecule has 1 aliphatic carbocycles. The maximum Gasteiger partial charge on any atom is 0.0708 e. The number of aromatic nitrogens is 1. The van der Waals surface area contributed by atoms with Gasteiger partial charge in [-0.15, -0.1) is 0 Å². The topological polar surface area (TPSA) is 50.9 Å². The Bertz CT molecular complexity index is 615. The molecule has 1 fully saturated rings. The number of rotatable bonds is 3. The van der Waals surface area contributed by atoms with Crippen LogP contribution in [0.25, 0.3) is 10.9 Å².